The number of anilines is 1. The minimum atomic E-state index is 0.0390. The molecule has 0 aliphatic rings. The van der Waals surface area contributed by atoms with Gasteiger partial charge in [0, 0.05) is 12.1 Å². The van der Waals surface area contributed by atoms with Crippen molar-refractivity contribution in [2.75, 3.05) is 12.4 Å². The Morgan fingerprint density at radius 2 is 1.70 bits per heavy atom. The Labute approximate surface area is 137 Å². The second-order valence-corrected chi connectivity index (χ2v) is 5.76. The number of hydrogen-bond acceptors (Lipinski definition) is 3. The number of hydrogen-bond donors (Lipinski definition) is 1. The molecule has 2 rings (SSSR count). The summed E-state index contributed by atoms with van der Waals surface area (Å²) in [7, 11) is 1.61. The van der Waals surface area contributed by atoms with Crippen LogP contribution in [-0.2, 0) is 4.79 Å². The first-order valence-corrected chi connectivity index (χ1v) is 7.79. The summed E-state index contributed by atoms with van der Waals surface area (Å²) in [6, 6.07) is 14.8. The second kappa shape index (κ2) is 8.22. The summed E-state index contributed by atoms with van der Waals surface area (Å²) in [5.41, 5.74) is 0.770. The highest BCUT2D eigenvalue weighted by molar-refractivity contribution is 5.90. The van der Waals surface area contributed by atoms with Crippen molar-refractivity contribution in [3.8, 4) is 17.2 Å². The van der Waals surface area contributed by atoms with E-state index in [1.807, 2.05) is 48.5 Å². The Bertz CT molecular complexity index is 635. The molecule has 0 fully saturated rings. The van der Waals surface area contributed by atoms with E-state index in [2.05, 4.69) is 19.2 Å². The number of nitrogens with one attached hydrogen (secondary N) is 1. The summed E-state index contributed by atoms with van der Waals surface area (Å²) in [4.78, 5) is 11.8. The quantitative estimate of drug-likeness (QED) is 0.794. The Morgan fingerprint density at radius 3 is 2.30 bits per heavy atom. The number of carbonyl (C=O) groups excluding carboxylic acids is 1. The lowest BCUT2D eigenvalue weighted by atomic mass is 10.1. The van der Waals surface area contributed by atoms with Crippen molar-refractivity contribution in [2.24, 2.45) is 5.92 Å². The summed E-state index contributed by atoms with van der Waals surface area (Å²) < 4.78 is 11.1. The van der Waals surface area contributed by atoms with Gasteiger partial charge in [0.05, 0.1) is 7.11 Å². The molecular weight excluding hydrogens is 290 g/mol. The summed E-state index contributed by atoms with van der Waals surface area (Å²) >= 11 is 0. The number of ether oxygens (including phenoxy) is 2. The second-order valence-electron chi connectivity index (χ2n) is 5.76. The molecule has 2 aromatic carbocycles. The van der Waals surface area contributed by atoms with Crippen molar-refractivity contribution >= 4 is 11.6 Å². The zero-order chi connectivity index (χ0) is 16.7. The van der Waals surface area contributed by atoms with Crippen molar-refractivity contribution in [1.29, 1.82) is 0 Å². The number of methoxy groups -OCH3 is 1. The van der Waals surface area contributed by atoms with E-state index in [0.29, 0.717) is 29.6 Å². The lowest BCUT2D eigenvalue weighted by Gasteiger charge is -2.11. The number of amides is 1. The third kappa shape index (κ3) is 5.33. The van der Waals surface area contributed by atoms with Crippen LogP contribution in [-0.4, -0.2) is 13.0 Å². The van der Waals surface area contributed by atoms with Crippen LogP contribution in [0.2, 0.25) is 0 Å². The molecule has 0 spiro atoms. The maximum Gasteiger partial charge on any atom is 0.224 e. The van der Waals surface area contributed by atoms with Crippen molar-refractivity contribution in [3.63, 3.8) is 0 Å². The van der Waals surface area contributed by atoms with Crippen LogP contribution in [0.15, 0.2) is 48.5 Å². The van der Waals surface area contributed by atoms with Gasteiger partial charge in [-0.05, 0) is 48.7 Å². The van der Waals surface area contributed by atoms with Crippen LogP contribution >= 0.6 is 0 Å². The van der Waals surface area contributed by atoms with Gasteiger partial charge in [0.25, 0.3) is 0 Å². The SMILES string of the molecule is COc1ccccc1Oc1ccc(NC(=O)CCC(C)C)cc1. The summed E-state index contributed by atoms with van der Waals surface area (Å²) in [6.45, 7) is 4.22. The van der Waals surface area contributed by atoms with Crippen LogP contribution < -0.4 is 14.8 Å². The Balaban J connectivity index is 1.95. The van der Waals surface area contributed by atoms with Crippen LogP contribution in [0, 0.1) is 5.92 Å². The first kappa shape index (κ1) is 16.9. The van der Waals surface area contributed by atoms with Gasteiger partial charge in [-0.1, -0.05) is 26.0 Å². The maximum absolute atomic E-state index is 11.8. The van der Waals surface area contributed by atoms with Crippen molar-refractivity contribution in [3.05, 3.63) is 48.5 Å². The third-order valence-electron chi connectivity index (χ3n) is 3.38. The molecule has 0 saturated heterocycles. The molecule has 0 saturated carbocycles. The van der Waals surface area contributed by atoms with Gasteiger partial charge in [-0.15, -0.1) is 0 Å². The standard InChI is InChI=1S/C19H23NO3/c1-14(2)8-13-19(21)20-15-9-11-16(12-10-15)23-18-7-5-4-6-17(18)22-3/h4-7,9-12,14H,8,13H2,1-3H3,(H,20,21). The fraction of sp³-hybridized carbons (Fsp3) is 0.316. The molecule has 1 N–H and O–H groups in total. The Hall–Kier alpha value is -2.49. The Morgan fingerprint density at radius 1 is 1.04 bits per heavy atom. The molecule has 23 heavy (non-hydrogen) atoms. The summed E-state index contributed by atoms with van der Waals surface area (Å²) in [5, 5.41) is 2.89. The predicted octanol–water partition coefficient (Wildman–Crippen LogP) is 4.86. The van der Waals surface area contributed by atoms with Crippen molar-refractivity contribution in [2.45, 2.75) is 26.7 Å². The number of rotatable bonds is 7. The molecule has 4 heteroatoms. The molecule has 0 radical (unpaired) electrons. The lowest BCUT2D eigenvalue weighted by Crippen LogP contribution is -2.11. The highest BCUT2D eigenvalue weighted by atomic mass is 16.5. The highest BCUT2D eigenvalue weighted by Crippen LogP contribution is 2.31. The highest BCUT2D eigenvalue weighted by Gasteiger charge is 2.06. The predicted molar refractivity (Wildman–Crippen MR) is 92.2 cm³/mol. The summed E-state index contributed by atoms with van der Waals surface area (Å²) in [5.74, 6) is 2.59. The largest absolute Gasteiger partial charge is 0.493 e. The Kier molecular flexibility index (Phi) is 6.03. The molecule has 0 unspecified atom stereocenters. The number of carbonyl (C=O) groups is 1. The van der Waals surface area contributed by atoms with E-state index < -0.39 is 0 Å². The molecule has 1 amide bonds. The van der Waals surface area contributed by atoms with E-state index in [9.17, 15) is 4.79 Å². The molecule has 0 bridgehead atoms. The molecule has 0 aromatic heterocycles. The van der Waals surface area contributed by atoms with E-state index in [0.717, 1.165) is 12.1 Å². The molecule has 2 aromatic rings. The molecule has 0 aliphatic heterocycles. The molecule has 0 heterocycles. The van der Waals surface area contributed by atoms with Gasteiger partial charge in [0.2, 0.25) is 5.91 Å². The first-order valence-electron chi connectivity index (χ1n) is 7.79. The molecule has 0 atom stereocenters. The van der Waals surface area contributed by atoms with Gasteiger partial charge in [-0.25, -0.2) is 0 Å². The molecule has 4 nitrogen and oxygen atoms in total. The van der Waals surface area contributed by atoms with Gasteiger partial charge in [-0.2, -0.15) is 0 Å². The zero-order valence-corrected chi connectivity index (χ0v) is 13.8. The van der Waals surface area contributed by atoms with E-state index in [1.54, 1.807) is 7.11 Å². The molecule has 0 aliphatic carbocycles. The minimum Gasteiger partial charge on any atom is -0.493 e. The van der Waals surface area contributed by atoms with Crippen LogP contribution in [0.25, 0.3) is 0 Å². The van der Waals surface area contributed by atoms with Crippen LogP contribution in [0.1, 0.15) is 26.7 Å². The smallest absolute Gasteiger partial charge is 0.224 e. The number of para-hydroxylation sites is 2. The summed E-state index contributed by atoms with van der Waals surface area (Å²) in [6.07, 6.45) is 1.43. The number of benzene rings is 2. The molecular formula is C19H23NO3. The van der Waals surface area contributed by atoms with Crippen LogP contribution in [0.5, 0.6) is 17.2 Å². The normalized spacial score (nSPS) is 10.4. The van der Waals surface area contributed by atoms with E-state index in [1.165, 1.54) is 0 Å². The van der Waals surface area contributed by atoms with Gasteiger partial charge in [0.15, 0.2) is 11.5 Å². The third-order valence-corrected chi connectivity index (χ3v) is 3.38. The monoisotopic (exact) mass is 313 g/mol. The fourth-order valence-electron chi connectivity index (χ4n) is 2.08. The van der Waals surface area contributed by atoms with E-state index in [-0.39, 0.29) is 5.91 Å². The van der Waals surface area contributed by atoms with Crippen molar-refractivity contribution < 1.29 is 14.3 Å². The zero-order valence-electron chi connectivity index (χ0n) is 13.8. The van der Waals surface area contributed by atoms with Gasteiger partial charge in [0.1, 0.15) is 5.75 Å². The van der Waals surface area contributed by atoms with Gasteiger partial charge in [-0.3, -0.25) is 4.79 Å². The molecule has 122 valence electrons. The maximum atomic E-state index is 11.8. The fourth-order valence-corrected chi connectivity index (χ4v) is 2.08. The lowest BCUT2D eigenvalue weighted by molar-refractivity contribution is -0.116. The average Bonchev–Trinajstić information content (AvgIpc) is 2.55. The van der Waals surface area contributed by atoms with Crippen molar-refractivity contribution in [1.82, 2.24) is 0 Å². The van der Waals surface area contributed by atoms with Crippen LogP contribution in [0.3, 0.4) is 0 Å². The topological polar surface area (TPSA) is 47.6 Å². The average molecular weight is 313 g/mol. The minimum absolute atomic E-state index is 0.0390. The van der Waals surface area contributed by atoms with E-state index >= 15 is 0 Å². The van der Waals surface area contributed by atoms with Crippen LogP contribution in [0.4, 0.5) is 5.69 Å². The first-order chi connectivity index (χ1) is 11.1. The van der Waals surface area contributed by atoms with Gasteiger partial charge < -0.3 is 14.8 Å². The van der Waals surface area contributed by atoms with Gasteiger partial charge >= 0.3 is 0 Å². The van der Waals surface area contributed by atoms with E-state index in [4.69, 9.17) is 9.47 Å².